The summed E-state index contributed by atoms with van der Waals surface area (Å²) in [6.07, 6.45) is 2.47. The maximum absolute atomic E-state index is 10.2. The summed E-state index contributed by atoms with van der Waals surface area (Å²) in [7, 11) is 0. The van der Waals surface area contributed by atoms with E-state index in [0.717, 1.165) is 12.1 Å². The Morgan fingerprint density at radius 1 is 1.23 bits per heavy atom. The van der Waals surface area contributed by atoms with Crippen molar-refractivity contribution in [1.82, 2.24) is 0 Å². The van der Waals surface area contributed by atoms with Crippen LogP contribution in [0.15, 0.2) is 29.3 Å². The van der Waals surface area contributed by atoms with Gasteiger partial charge < -0.3 is 16.2 Å². The Morgan fingerprint density at radius 3 is 2.23 bits per heavy atom. The van der Waals surface area contributed by atoms with Crippen LogP contribution in [-0.2, 0) is 0 Å². The number of guanidine groups is 1. The Kier molecular flexibility index (Phi) is 9.67. The highest BCUT2D eigenvalue weighted by Gasteiger charge is 2.21. The van der Waals surface area contributed by atoms with Gasteiger partial charge in [-0.25, -0.2) is 0 Å². The first-order chi connectivity index (χ1) is 9.94. The van der Waals surface area contributed by atoms with Gasteiger partial charge in [0.2, 0.25) is 0 Å². The number of nitrogens with one attached hydrogen (secondary N) is 1. The zero-order chi connectivity index (χ0) is 15.9. The molecule has 0 aliphatic heterocycles. The second-order valence-corrected chi connectivity index (χ2v) is 5.69. The van der Waals surface area contributed by atoms with Gasteiger partial charge in [0.25, 0.3) is 0 Å². The van der Waals surface area contributed by atoms with Crippen molar-refractivity contribution in [2.75, 3.05) is 11.9 Å². The van der Waals surface area contributed by atoms with Gasteiger partial charge in [0.1, 0.15) is 0 Å². The molecule has 0 saturated heterocycles. The SMILES string of the molecule is CCC(C)c1ccc(NC(N)=NCC(O)(CC)CC)cc1.I. The molecular weight excluding hydrogens is 389 g/mol. The smallest absolute Gasteiger partial charge is 0.193 e. The predicted octanol–water partition coefficient (Wildman–Crippen LogP) is 4.10. The lowest BCUT2D eigenvalue weighted by Crippen LogP contribution is -2.33. The molecule has 0 aliphatic carbocycles. The van der Waals surface area contributed by atoms with Crippen LogP contribution in [0, 0.1) is 0 Å². The molecule has 0 amide bonds. The summed E-state index contributed by atoms with van der Waals surface area (Å²) in [4.78, 5) is 4.24. The van der Waals surface area contributed by atoms with Crippen LogP contribution in [0.4, 0.5) is 5.69 Å². The van der Waals surface area contributed by atoms with E-state index in [9.17, 15) is 5.11 Å². The molecule has 126 valence electrons. The van der Waals surface area contributed by atoms with E-state index < -0.39 is 5.60 Å². The van der Waals surface area contributed by atoms with E-state index in [4.69, 9.17) is 5.73 Å². The van der Waals surface area contributed by atoms with Crippen LogP contribution in [0.2, 0.25) is 0 Å². The first-order valence-corrected chi connectivity index (χ1v) is 7.83. The summed E-state index contributed by atoms with van der Waals surface area (Å²) in [5.74, 6) is 0.904. The molecule has 0 saturated carbocycles. The number of hydrogen-bond acceptors (Lipinski definition) is 2. The van der Waals surface area contributed by atoms with Crippen LogP contribution in [0.5, 0.6) is 0 Å². The van der Waals surface area contributed by atoms with E-state index in [1.54, 1.807) is 0 Å². The van der Waals surface area contributed by atoms with Gasteiger partial charge in [0, 0.05) is 5.69 Å². The highest BCUT2D eigenvalue weighted by atomic mass is 127. The number of halogens is 1. The average molecular weight is 419 g/mol. The fraction of sp³-hybridized carbons (Fsp3) is 0.588. The van der Waals surface area contributed by atoms with E-state index in [1.165, 1.54) is 5.56 Å². The van der Waals surface area contributed by atoms with Gasteiger partial charge in [0.15, 0.2) is 5.96 Å². The van der Waals surface area contributed by atoms with E-state index in [0.29, 0.717) is 31.3 Å². The molecule has 1 aromatic rings. The minimum atomic E-state index is -0.757. The Bertz CT molecular complexity index is 455. The van der Waals surface area contributed by atoms with Crippen LogP contribution < -0.4 is 11.1 Å². The molecule has 1 aromatic carbocycles. The molecular formula is C17H30IN3O. The molecule has 0 bridgehead atoms. The van der Waals surface area contributed by atoms with Crippen LogP contribution in [0.3, 0.4) is 0 Å². The number of aliphatic imine (C=N–C) groups is 1. The molecule has 0 aliphatic rings. The molecule has 4 nitrogen and oxygen atoms in total. The Hall–Kier alpha value is -0.820. The van der Waals surface area contributed by atoms with Crippen molar-refractivity contribution in [1.29, 1.82) is 0 Å². The lowest BCUT2D eigenvalue weighted by molar-refractivity contribution is 0.0419. The van der Waals surface area contributed by atoms with E-state index >= 15 is 0 Å². The van der Waals surface area contributed by atoms with E-state index in [-0.39, 0.29) is 24.0 Å². The van der Waals surface area contributed by atoms with Crippen molar-refractivity contribution in [3.05, 3.63) is 29.8 Å². The van der Waals surface area contributed by atoms with Gasteiger partial charge in [0.05, 0.1) is 12.1 Å². The van der Waals surface area contributed by atoms with Gasteiger partial charge in [-0.2, -0.15) is 0 Å². The Morgan fingerprint density at radius 2 is 1.77 bits per heavy atom. The normalized spacial score (nSPS) is 13.4. The Labute approximate surface area is 151 Å². The van der Waals surface area contributed by atoms with Crippen LogP contribution in [0.1, 0.15) is 58.4 Å². The van der Waals surface area contributed by atoms with Gasteiger partial charge in [-0.15, -0.1) is 24.0 Å². The summed E-state index contributed by atoms with van der Waals surface area (Å²) in [5.41, 5.74) is 7.36. The molecule has 1 unspecified atom stereocenters. The summed E-state index contributed by atoms with van der Waals surface area (Å²) < 4.78 is 0. The zero-order valence-corrected chi connectivity index (χ0v) is 16.4. The molecule has 0 radical (unpaired) electrons. The minimum absolute atomic E-state index is 0. The van der Waals surface area contributed by atoms with Gasteiger partial charge in [-0.1, -0.05) is 39.8 Å². The monoisotopic (exact) mass is 419 g/mol. The maximum atomic E-state index is 10.2. The summed E-state index contributed by atoms with van der Waals surface area (Å²) in [6, 6.07) is 8.24. The molecule has 4 N–H and O–H groups in total. The second-order valence-electron chi connectivity index (χ2n) is 5.69. The van der Waals surface area contributed by atoms with Crippen LogP contribution in [0.25, 0.3) is 0 Å². The number of rotatable bonds is 7. The third-order valence-corrected chi connectivity index (χ3v) is 4.22. The number of nitrogens with zero attached hydrogens (tertiary/aromatic N) is 1. The summed E-state index contributed by atoms with van der Waals surface area (Å²) in [5, 5.41) is 13.2. The fourth-order valence-electron chi connectivity index (χ4n) is 2.02. The van der Waals surface area contributed by atoms with Crippen molar-refractivity contribution < 1.29 is 5.11 Å². The predicted molar refractivity (Wildman–Crippen MR) is 106 cm³/mol. The molecule has 0 spiro atoms. The highest BCUT2D eigenvalue weighted by Crippen LogP contribution is 2.20. The maximum Gasteiger partial charge on any atom is 0.193 e. The molecule has 22 heavy (non-hydrogen) atoms. The van der Waals surface area contributed by atoms with Crippen molar-refractivity contribution in [2.24, 2.45) is 10.7 Å². The summed E-state index contributed by atoms with van der Waals surface area (Å²) >= 11 is 0. The largest absolute Gasteiger partial charge is 0.388 e. The van der Waals surface area contributed by atoms with E-state index in [1.807, 2.05) is 26.0 Å². The van der Waals surface area contributed by atoms with Crippen molar-refractivity contribution in [3.63, 3.8) is 0 Å². The standard InChI is InChI=1S/C17H29N3O.HI/c1-5-13(4)14-8-10-15(11-9-14)20-16(18)19-12-17(21,6-2)7-3;/h8-11,13,21H,5-7,12H2,1-4H3,(H3,18,19,20);1H. The van der Waals surface area contributed by atoms with Crippen LogP contribution >= 0.6 is 24.0 Å². The third-order valence-electron chi connectivity index (χ3n) is 4.22. The minimum Gasteiger partial charge on any atom is -0.388 e. The van der Waals surface area contributed by atoms with Crippen molar-refractivity contribution in [2.45, 2.75) is 58.5 Å². The molecule has 0 heterocycles. The van der Waals surface area contributed by atoms with Gasteiger partial charge >= 0.3 is 0 Å². The molecule has 1 atom stereocenters. The zero-order valence-electron chi connectivity index (χ0n) is 14.1. The van der Waals surface area contributed by atoms with Gasteiger partial charge in [-0.05, 0) is 42.9 Å². The lowest BCUT2D eigenvalue weighted by atomic mass is 9.98. The fourth-order valence-corrected chi connectivity index (χ4v) is 2.02. The average Bonchev–Trinajstić information content (AvgIpc) is 2.52. The molecule has 0 fully saturated rings. The number of hydrogen-bond donors (Lipinski definition) is 3. The topological polar surface area (TPSA) is 70.6 Å². The Balaban J connectivity index is 0.00000441. The van der Waals surface area contributed by atoms with Gasteiger partial charge in [-0.3, -0.25) is 4.99 Å². The van der Waals surface area contributed by atoms with Crippen molar-refractivity contribution in [3.8, 4) is 0 Å². The van der Waals surface area contributed by atoms with Crippen molar-refractivity contribution >= 4 is 35.6 Å². The van der Waals surface area contributed by atoms with Crippen LogP contribution in [-0.4, -0.2) is 23.2 Å². The molecule has 1 rings (SSSR count). The lowest BCUT2D eigenvalue weighted by Gasteiger charge is -2.22. The quantitative estimate of drug-likeness (QED) is 0.354. The molecule has 5 heteroatoms. The second kappa shape index (κ2) is 10.0. The highest BCUT2D eigenvalue weighted by molar-refractivity contribution is 14.0. The van der Waals surface area contributed by atoms with E-state index in [2.05, 4.69) is 36.3 Å². The number of anilines is 1. The third kappa shape index (κ3) is 6.52. The number of nitrogens with two attached hydrogens (primary N) is 1. The number of benzene rings is 1. The number of aliphatic hydroxyl groups is 1. The molecule has 0 aromatic heterocycles. The summed E-state index contributed by atoms with van der Waals surface area (Å²) in [6.45, 7) is 8.63. The first kappa shape index (κ1) is 21.2. The first-order valence-electron chi connectivity index (χ1n) is 7.83.